The first-order valence-corrected chi connectivity index (χ1v) is 3.80. The molecule has 0 radical (unpaired) electrons. The van der Waals surface area contributed by atoms with E-state index in [0.717, 1.165) is 0 Å². The highest BCUT2D eigenvalue weighted by Gasteiger charge is 2.25. The summed E-state index contributed by atoms with van der Waals surface area (Å²) in [7, 11) is 0. The van der Waals surface area contributed by atoms with Crippen molar-refractivity contribution in [2.75, 3.05) is 0 Å². The average molecular weight is 234 g/mol. The summed E-state index contributed by atoms with van der Waals surface area (Å²) < 4.78 is 73.3. The maximum atomic E-state index is 11.5. The molecule has 7 heteroatoms. The predicted molar refractivity (Wildman–Crippen MR) is 40.7 cm³/mol. The van der Waals surface area contributed by atoms with Gasteiger partial charge in [0.05, 0.1) is 25.4 Å². The SMILES string of the molecule is FC(F)(F)CC=COC=CCC(F)(F)F. The van der Waals surface area contributed by atoms with Crippen molar-refractivity contribution in [3.8, 4) is 0 Å². The number of ether oxygens (including phenoxy) is 1. The van der Waals surface area contributed by atoms with Gasteiger partial charge in [-0.25, -0.2) is 0 Å². The van der Waals surface area contributed by atoms with Gasteiger partial charge in [-0.05, 0) is 12.2 Å². The second kappa shape index (κ2) is 5.67. The zero-order valence-corrected chi connectivity index (χ0v) is 7.40. The monoisotopic (exact) mass is 234 g/mol. The Kier molecular flexibility index (Phi) is 5.24. The number of hydrogen-bond acceptors (Lipinski definition) is 1. The molecular weight excluding hydrogens is 226 g/mol. The molecule has 0 aliphatic heterocycles. The number of rotatable bonds is 4. The third-order valence-electron chi connectivity index (χ3n) is 1.05. The van der Waals surface area contributed by atoms with Crippen LogP contribution in [0.2, 0.25) is 0 Å². The van der Waals surface area contributed by atoms with Gasteiger partial charge < -0.3 is 4.74 Å². The molecule has 0 rings (SSSR count). The summed E-state index contributed by atoms with van der Waals surface area (Å²) in [5, 5.41) is 0. The van der Waals surface area contributed by atoms with Crippen LogP contribution >= 0.6 is 0 Å². The lowest BCUT2D eigenvalue weighted by Gasteiger charge is -2.00. The smallest absolute Gasteiger partial charge is 0.392 e. The van der Waals surface area contributed by atoms with Crippen LogP contribution < -0.4 is 0 Å². The summed E-state index contributed by atoms with van der Waals surface area (Å²) in [6.45, 7) is 0. The van der Waals surface area contributed by atoms with E-state index in [0.29, 0.717) is 24.7 Å². The molecule has 0 aromatic carbocycles. The quantitative estimate of drug-likeness (QED) is 0.528. The van der Waals surface area contributed by atoms with E-state index in [1.807, 2.05) is 0 Å². The minimum absolute atomic E-state index is 0.665. The van der Waals surface area contributed by atoms with E-state index in [9.17, 15) is 26.3 Å². The zero-order valence-electron chi connectivity index (χ0n) is 7.40. The van der Waals surface area contributed by atoms with Crippen LogP contribution in [0.15, 0.2) is 24.7 Å². The van der Waals surface area contributed by atoms with E-state index >= 15 is 0 Å². The number of allylic oxidation sites excluding steroid dienone is 2. The Morgan fingerprint density at radius 2 is 1.07 bits per heavy atom. The summed E-state index contributed by atoms with van der Waals surface area (Å²) in [6, 6.07) is 0. The van der Waals surface area contributed by atoms with Crippen LogP contribution in [0.3, 0.4) is 0 Å². The Morgan fingerprint density at radius 3 is 1.33 bits per heavy atom. The minimum Gasteiger partial charge on any atom is -0.473 e. The fraction of sp³-hybridized carbons (Fsp3) is 0.500. The van der Waals surface area contributed by atoms with Crippen molar-refractivity contribution in [3.63, 3.8) is 0 Å². The van der Waals surface area contributed by atoms with E-state index in [1.54, 1.807) is 0 Å². The first-order chi connectivity index (χ1) is 6.71. The summed E-state index contributed by atoms with van der Waals surface area (Å²) >= 11 is 0. The fourth-order valence-corrected chi connectivity index (χ4v) is 0.520. The highest BCUT2D eigenvalue weighted by Crippen LogP contribution is 2.20. The molecule has 0 unspecified atom stereocenters. The van der Waals surface area contributed by atoms with Crippen LogP contribution in [0, 0.1) is 0 Å². The second-order valence-electron chi connectivity index (χ2n) is 2.52. The van der Waals surface area contributed by atoms with Gasteiger partial charge in [0.25, 0.3) is 0 Å². The van der Waals surface area contributed by atoms with Gasteiger partial charge in [-0.1, -0.05) is 0 Å². The zero-order chi connectivity index (χ0) is 11.9. The third-order valence-corrected chi connectivity index (χ3v) is 1.05. The van der Waals surface area contributed by atoms with E-state index in [2.05, 4.69) is 4.74 Å². The summed E-state index contributed by atoms with van der Waals surface area (Å²) in [5.74, 6) is 0. The van der Waals surface area contributed by atoms with Crippen molar-refractivity contribution in [2.45, 2.75) is 25.2 Å². The van der Waals surface area contributed by atoms with Crippen LogP contribution in [0.4, 0.5) is 26.3 Å². The highest BCUT2D eigenvalue weighted by atomic mass is 19.4. The Balaban J connectivity index is 3.62. The van der Waals surface area contributed by atoms with Crippen molar-refractivity contribution in [1.82, 2.24) is 0 Å². The summed E-state index contributed by atoms with van der Waals surface area (Å²) in [6.07, 6.45) is -8.35. The van der Waals surface area contributed by atoms with E-state index in [1.165, 1.54) is 0 Å². The summed E-state index contributed by atoms with van der Waals surface area (Å²) in [4.78, 5) is 0. The van der Waals surface area contributed by atoms with Crippen molar-refractivity contribution in [3.05, 3.63) is 24.7 Å². The first kappa shape index (κ1) is 13.9. The Bertz CT molecular complexity index is 200. The summed E-state index contributed by atoms with van der Waals surface area (Å²) in [5.41, 5.74) is 0. The molecule has 0 heterocycles. The predicted octanol–water partition coefficient (Wildman–Crippen LogP) is 3.94. The maximum Gasteiger partial charge on any atom is 0.392 e. The Labute approximate surface area is 82.0 Å². The van der Waals surface area contributed by atoms with Gasteiger partial charge in [-0.15, -0.1) is 0 Å². The van der Waals surface area contributed by atoms with Gasteiger partial charge in [0.15, 0.2) is 0 Å². The molecule has 0 atom stereocenters. The van der Waals surface area contributed by atoms with Crippen molar-refractivity contribution in [2.24, 2.45) is 0 Å². The molecule has 88 valence electrons. The maximum absolute atomic E-state index is 11.5. The number of halogens is 6. The molecule has 0 aromatic rings. The van der Waals surface area contributed by atoms with Gasteiger partial charge >= 0.3 is 12.4 Å². The lowest BCUT2D eigenvalue weighted by molar-refractivity contribution is -0.125. The molecule has 15 heavy (non-hydrogen) atoms. The van der Waals surface area contributed by atoms with E-state index in [4.69, 9.17) is 0 Å². The molecule has 0 spiro atoms. The van der Waals surface area contributed by atoms with Crippen molar-refractivity contribution >= 4 is 0 Å². The molecule has 0 aliphatic rings. The molecule has 0 amide bonds. The molecule has 0 bridgehead atoms. The second-order valence-corrected chi connectivity index (χ2v) is 2.52. The van der Waals surface area contributed by atoms with Crippen LogP contribution in [0.1, 0.15) is 12.8 Å². The first-order valence-electron chi connectivity index (χ1n) is 3.80. The normalized spacial score (nSPS) is 14.0. The third kappa shape index (κ3) is 12.9. The van der Waals surface area contributed by atoms with Gasteiger partial charge in [-0.3, -0.25) is 0 Å². The molecule has 0 saturated carbocycles. The molecular formula is C8H8F6O. The molecule has 0 fully saturated rings. The van der Waals surface area contributed by atoms with Gasteiger partial charge in [0, 0.05) is 0 Å². The minimum atomic E-state index is -4.34. The van der Waals surface area contributed by atoms with Gasteiger partial charge in [0.1, 0.15) is 0 Å². The Morgan fingerprint density at radius 1 is 0.733 bits per heavy atom. The van der Waals surface area contributed by atoms with E-state index < -0.39 is 25.2 Å². The molecule has 0 aliphatic carbocycles. The lowest BCUT2D eigenvalue weighted by atomic mass is 10.4. The van der Waals surface area contributed by atoms with Gasteiger partial charge in [-0.2, -0.15) is 26.3 Å². The van der Waals surface area contributed by atoms with Crippen molar-refractivity contribution in [1.29, 1.82) is 0 Å². The average Bonchev–Trinajstić information content (AvgIpc) is 1.98. The fourth-order valence-electron chi connectivity index (χ4n) is 0.520. The molecule has 0 saturated heterocycles. The van der Waals surface area contributed by atoms with Crippen LogP contribution in [0.25, 0.3) is 0 Å². The Hall–Kier alpha value is -1.14. The molecule has 1 nitrogen and oxygen atoms in total. The lowest BCUT2D eigenvalue weighted by Crippen LogP contribution is -2.04. The standard InChI is InChI=1S/C8H8F6O/c9-7(10,11)3-1-5-15-6-2-4-8(12,13)14/h1-2,5-6H,3-4H2. The highest BCUT2D eigenvalue weighted by molar-refractivity contribution is 4.82. The molecule has 0 aromatic heterocycles. The van der Waals surface area contributed by atoms with Gasteiger partial charge in [0.2, 0.25) is 0 Å². The van der Waals surface area contributed by atoms with Crippen LogP contribution in [-0.2, 0) is 4.74 Å². The molecule has 0 N–H and O–H groups in total. The topological polar surface area (TPSA) is 9.23 Å². The number of alkyl halides is 6. The number of hydrogen-bond donors (Lipinski definition) is 0. The van der Waals surface area contributed by atoms with Crippen molar-refractivity contribution < 1.29 is 31.1 Å². The van der Waals surface area contributed by atoms with Crippen LogP contribution in [-0.4, -0.2) is 12.4 Å². The van der Waals surface area contributed by atoms with Crippen LogP contribution in [0.5, 0.6) is 0 Å². The largest absolute Gasteiger partial charge is 0.473 e. The van der Waals surface area contributed by atoms with E-state index in [-0.39, 0.29) is 0 Å².